The van der Waals surface area contributed by atoms with E-state index in [4.69, 9.17) is 0 Å². The van der Waals surface area contributed by atoms with Gasteiger partial charge in [0.2, 0.25) is 5.91 Å². The second-order valence-corrected chi connectivity index (χ2v) is 10.5. The molecule has 0 aliphatic heterocycles. The van der Waals surface area contributed by atoms with Gasteiger partial charge in [-0.15, -0.1) is 5.73 Å². The van der Waals surface area contributed by atoms with Crippen LogP contribution in [0.25, 0.3) is 0 Å². The van der Waals surface area contributed by atoms with E-state index in [-0.39, 0.29) is 11.3 Å². The number of amides is 1. The van der Waals surface area contributed by atoms with Gasteiger partial charge in [0.1, 0.15) is 0 Å². The zero-order chi connectivity index (χ0) is 25.3. The third-order valence-corrected chi connectivity index (χ3v) is 6.82. The first-order chi connectivity index (χ1) is 16.5. The van der Waals surface area contributed by atoms with Crippen molar-refractivity contribution in [1.29, 1.82) is 0 Å². The predicted molar refractivity (Wildman–Crippen MR) is 151 cm³/mol. The number of hydrogen-bond donors (Lipinski definition) is 1. The molecule has 0 rings (SSSR count). The van der Waals surface area contributed by atoms with Gasteiger partial charge < -0.3 is 0 Å². The number of nitrogens with one attached hydrogen (secondary N) is 1. The molecule has 0 aliphatic rings. The number of nitrogens with zero attached hydrogens (tertiary/aromatic N) is 1. The summed E-state index contributed by atoms with van der Waals surface area (Å²) in [4.78, 5) is 12.2. The first-order valence-corrected chi connectivity index (χ1v) is 14.7. The van der Waals surface area contributed by atoms with E-state index in [0.717, 1.165) is 38.5 Å². The second-order valence-electron chi connectivity index (χ2n) is 10.5. The van der Waals surface area contributed by atoms with Gasteiger partial charge in [0, 0.05) is 18.1 Å². The van der Waals surface area contributed by atoms with Crippen molar-refractivity contribution in [3.63, 3.8) is 0 Å². The van der Waals surface area contributed by atoms with E-state index in [0.29, 0.717) is 6.42 Å². The third-order valence-electron chi connectivity index (χ3n) is 6.82. The Kier molecular flexibility index (Phi) is 22.5. The van der Waals surface area contributed by atoms with Crippen molar-refractivity contribution < 1.29 is 4.79 Å². The van der Waals surface area contributed by atoms with Crippen molar-refractivity contribution in [2.75, 3.05) is 0 Å². The van der Waals surface area contributed by atoms with Crippen LogP contribution in [0.4, 0.5) is 0 Å². The molecule has 34 heavy (non-hydrogen) atoms. The number of allylic oxidation sites excluding steroid dienone is 1. The summed E-state index contributed by atoms with van der Waals surface area (Å²) in [5, 5.41) is 4.33. The minimum atomic E-state index is -0.116. The third kappa shape index (κ3) is 20.1. The van der Waals surface area contributed by atoms with E-state index in [9.17, 15) is 4.79 Å². The van der Waals surface area contributed by atoms with Crippen LogP contribution in [0.1, 0.15) is 163 Å². The van der Waals surface area contributed by atoms with E-state index in [2.05, 4.69) is 57.0 Å². The molecule has 0 aromatic carbocycles. The monoisotopic (exact) mass is 474 g/mol. The molecule has 0 saturated heterocycles. The Morgan fingerprint density at radius 3 is 1.65 bits per heavy atom. The molecule has 0 radical (unpaired) electrons. The summed E-state index contributed by atoms with van der Waals surface area (Å²) in [7, 11) is 0. The fraction of sp³-hybridized carbons (Fsp3) is 0.839. The van der Waals surface area contributed by atoms with Gasteiger partial charge in [-0.25, -0.2) is 5.43 Å². The molecule has 1 atom stereocenters. The molecule has 0 aliphatic carbocycles. The lowest BCUT2D eigenvalue weighted by atomic mass is 9.81. The Labute approximate surface area is 213 Å². The fourth-order valence-corrected chi connectivity index (χ4v) is 4.28. The zero-order valence-electron chi connectivity index (χ0n) is 23.7. The number of carbonyl (C=O) groups excluding carboxylic acids is 1. The lowest BCUT2D eigenvalue weighted by Crippen LogP contribution is -2.23. The topological polar surface area (TPSA) is 41.5 Å². The highest BCUT2D eigenvalue weighted by atomic mass is 16.2. The quantitative estimate of drug-likeness (QED) is 0.0680. The number of rotatable bonds is 23. The summed E-state index contributed by atoms with van der Waals surface area (Å²) in [6, 6.07) is 0. The molecule has 3 heteroatoms. The molecule has 198 valence electrons. The molecule has 0 heterocycles. The highest BCUT2D eigenvalue weighted by Crippen LogP contribution is 2.28. The summed E-state index contributed by atoms with van der Waals surface area (Å²) in [6.07, 6.45) is 29.1. The number of unbranched alkanes of at least 4 members (excludes halogenated alkanes) is 15. The summed E-state index contributed by atoms with van der Waals surface area (Å²) in [5.74, 6) is 0.0395. The van der Waals surface area contributed by atoms with E-state index in [1.807, 2.05) is 6.21 Å². The molecular weight excluding hydrogens is 416 g/mol. The van der Waals surface area contributed by atoms with Crippen LogP contribution in [0, 0.1) is 5.41 Å². The lowest BCUT2D eigenvalue weighted by molar-refractivity contribution is -0.121. The van der Waals surface area contributed by atoms with Crippen molar-refractivity contribution in [1.82, 2.24) is 5.43 Å². The van der Waals surface area contributed by atoms with Gasteiger partial charge in [0.25, 0.3) is 0 Å². The largest absolute Gasteiger partial charge is 0.273 e. The molecule has 0 aromatic rings. The number of hydrazone groups is 1. The van der Waals surface area contributed by atoms with Crippen LogP contribution >= 0.6 is 0 Å². The number of carbonyl (C=O) groups is 1. The molecule has 0 saturated carbocycles. The Morgan fingerprint density at radius 2 is 1.21 bits per heavy atom. The van der Waals surface area contributed by atoms with Gasteiger partial charge in [-0.3, -0.25) is 4.79 Å². The van der Waals surface area contributed by atoms with Gasteiger partial charge in [-0.1, -0.05) is 124 Å². The first-order valence-electron chi connectivity index (χ1n) is 14.7. The summed E-state index contributed by atoms with van der Waals surface area (Å²) in [5.41, 5.74) is 7.17. The molecule has 0 bridgehead atoms. The minimum absolute atomic E-state index is 0.0395. The molecule has 0 fully saturated rings. The van der Waals surface area contributed by atoms with Crippen LogP contribution in [-0.2, 0) is 4.79 Å². The van der Waals surface area contributed by atoms with Gasteiger partial charge in [0.15, 0.2) is 0 Å². The molecule has 0 aromatic heterocycles. The van der Waals surface area contributed by atoms with Crippen LogP contribution in [0.15, 0.2) is 22.5 Å². The molecule has 1 unspecified atom stereocenters. The van der Waals surface area contributed by atoms with Crippen molar-refractivity contribution >= 4 is 12.1 Å². The molecule has 1 amide bonds. The number of hydrogen-bond acceptors (Lipinski definition) is 2. The molecular formula is C31H58N2O. The Hall–Kier alpha value is -1.34. The SMILES string of the molecule is CCCCCCCCCCCCCCCCCC(=O)NN=CC(C=C=C(C)C)(CC)CCCC. The Balaban J connectivity index is 3.86. The van der Waals surface area contributed by atoms with Crippen LogP contribution in [0.2, 0.25) is 0 Å². The maximum Gasteiger partial charge on any atom is 0.240 e. The summed E-state index contributed by atoms with van der Waals surface area (Å²) < 4.78 is 0. The van der Waals surface area contributed by atoms with Crippen LogP contribution in [0.3, 0.4) is 0 Å². The Bertz CT molecular complexity index is 570. The highest BCUT2D eigenvalue weighted by Gasteiger charge is 2.22. The van der Waals surface area contributed by atoms with Gasteiger partial charge in [-0.05, 0) is 44.8 Å². The molecule has 0 spiro atoms. The average molecular weight is 475 g/mol. The highest BCUT2D eigenvalue weighted by molar-refractivity contribution is 5.77. The predicted octanol–water partition coefficient (Wildman–Crippen LogP) is 10.1. The van der Waals surface area contributed by atoms with Crippen molar-refractivity contribution in [2.45, 2.75) is 163 Å². The van der Waals surface area contributed by atoms with E-state index < -0.39 is 0 Å². The summed E-state index contributed by atoms with van der Waals surface area (Å²) in [6.45, 7) is 10.8. The Morgan fingerprint density at radius 1 is 0.735 bits per heavy atom. The van der Waals surface area contributed by atoms with Crippen LogP contribution in [-0.4, -0.2) is 12.1 Å². The maximum atomic E-state index is 12.2. The van der Waals surface area contributed by atoms with Crippen molar-refractivity contribution in [3.05, 3.63) is 17.4 Å². The van der Waals surface area contributed by atoms with Gasteiger partial charge in [0.05, 0.1) is 0 Å². The van der Waals surface area contributed by atoms with Crippen molar-refractivity contribution in [2.24, 2.45) is 10.5 Å². The van der Waals surface area contributed by atoms with E-state index in [1.54, 1.807) is 0 Å². The second kappa shape index (κ2) is 23.4. The van der Waals surface area contributed by atoms with Gasteiger partial charge >= 0.3 is 0 Å². The molecule has 1 N–H and O–H groups in total. The first kappa shape index (κ1) is 32.7. The lowest BCUT2D eigenvalue weighted by Gasteiger charge is -2.23. The minimum Gasteiger partial charge on any atom is -0.273 e. The average Bonchev–Trinajstić information content (AvgIpc) is 2.83. The summed E-state index contributed by atoms with van der Waals surface area (Å²) >= 11 is 0. The maximum absolute atomic E-state index is 12.2. The standard InChI is InChI=1S/C31H58N2O/c1-6-9-11-12-13-14-15-16-17-18-19-20-21-22-23-24-30(34)33-32-28-31(8-3,26-10-7-2)27-25-29(4)5/h27-28H,6-24,26H2,1-5H3,(H,33,34). The van der Waals surface area contributed by atoms with Crippen LogP contribution < -0.4 is 5.43 Å². The van der Waals surface area contributed by atoms with Crippen molar-refractivity contribution in [3.8, 4) is 0 Å². The zero-order valence-corrected chi connectivity index (χ0v) is 23.7. The fourth-order valence-electron chi connectivity index (χ4n) is 4.28. The van der Waals surface area contributed by atoms with E-state index in [1.165, 1.54) is 89.0 Å². The van der Waals surface area contributed by atoms with Crippen LogP contribution in [0.5, 0.6) is 0 Å². The van der Waals surface area contributed by atoms with E-state index >= 15 is 0 Å². The normalized spacial score (nSPS) is 13.0. The van der Waals surface area contributed by atoms with Gasteiger partial charge in [-0.2, -0.15) is 5.10 Å². The smallest absolute Gasteiger partial charge is 0.240 e. The molecule has 3 nitrogen and oxygen atoms in total.